The molecule has 4 nitrogen and oxygen atoms in total. The van der Waals surface area contributed by atoms with Crippen LogP contribution >= 0.6 is 0 Å². The Morgan fingerprint density at radius 3 is 2.42 bits per heavy atom. The SMILES string of the molecule is COC(=O)C1(C)CC(c2c(C)cc(C)cc2C)=NO1. The van der Waals surface area contributed by atoms with Crippen LogP contribution in [0.1, 0.15) is 35.6 Å². The minimum absolute atomic E-state index is 0.395. The first-order chi connectivity index (χ1) is 8.87. The molecule has 1 aliphatic heterocycles. The molecule has 1 unspecified atom stereocenters. The van der Waals surface area contributed by atoms with Gasteiger partial charge >= 0.3 is 5.97 Å². The van der Waals surface area contributed by atoms with Crippen molar-refractivity contribution in [3.05, 3.63) is 34.4 Å². The van der Waals surface area contributed by atoms with E-state index in [0.29, 0.717) is 6.42 Å². The van der Waals surface area contributed by atoms with Crippen LogP contribution in [0.5, 0.6) is 0 Å². The quantitative estimate of drug-likeness (QED) is 0.769. The van der Waals surface area contributed by atoms with Crippen LogP contribution in [0.2, 0.25) is 0 Å². The number of nitrogens with zero attached hydrogens (tertiary/aromatic N) is 1. The molecule has 1 aromatic rings. The summed E-state index contributed by atoms with van der Waals surface area (Å²) in [5, 5.41) is 4.10. The number of aryl methyl sites for hydroxylation is 3. The average molecular weight is 261 g/mol. The number of methoxy groups -OCH3 is 1. The second-order valence-electron chi connectivity index (χ2n) is 5.30. The van der Waals surface area contributed by atoms with Gasteiger partial charge in [0.1, 0.15) is 0 Å². The Kier molecular flexibility index (Phi) is 3.35. The van der Waals surface area contributed by atoms with E-state index in [4.69, 9.17) is 9.57 Å². The zero-order chi connectivity index (χ0) is 14.2. The van der Waals surface area contributed by atoms with Gasteiger partial charge in [-0.15, -0.1) is 0 Å². The van der Waals surface area contributed by atoms with Crippen molar-refractivity contribution < 1.29 is 14.4 Å². The van der Waals surface area contributed by atoms with E-state index in [1.165, 1.54) is 12.7 Å². The van der Waals surface area contributed by atoms with Gasteiger partial charge in [-0.05, 0) is 38.8 Å². The van der Waals surface area contributed by atoms with Crippen LogP contribution in [0.15, 0.2) is 17.3 Å². The lowest BCUT2D eigenvalue weighted by molar-refractivity contribution is -0.164. The number of rotatable bonds is 2. The highest BCUT2D eigenvalue weighted by atomic mass is 16.7. The smallest absolute Gasteiger partial charge is 0.353 e. The van der Waals surface area contributed by atoms with Crippen LogP contribution in [0.4, 0.5) is 0 Å². The number of esters is 1. The van der Waals surface area contributed by atoms with Crippen molar-refractivity contribution in [3.8, 4) is 0 Å². The molecule has 0 saturated carbocycles. The number of carbonyl (C=O) groups excluding carboxylic acids is 1. The number of hydrogen-bond acceptors (Lipinski definition) is 4. The lowest BCUT2D eigenvalue weighted by Gasteiger charge is -2.18. The molecule has 0 fully saturated rings. The third kappa shape index (κ3) is 2.35. The normalized spacial score (nSPS) is 21.8. The maximum Gasteiger partial charge on any atom is 0.353 e. The molecule has 1 aromatic carbocycles. The van der Waals surface area contributed by atoms with Gasteiger partial charge in [0.2, 0.25) is 5.60 Å². The minimum atomic E-state index is -1.01. The van der Waals surface area contributed by atoms with Gasteiger partial charge in [-0.25, -0.2) is 4.79 Å². The van der Waals surface area contributed by atoms with E-state index < -0.39 is 11.6 Å². The average Bonchev–Trinajstić information content (AvgIpc) is 2.70. The van der Waals surface area contributed by atoms with E-state index in [0.717, 1.165) is 22.4 Å². The number of hydrogen-bond donors (Lipinski definition) is 0. The second-order valence-corrected chi connectivity index (χ2v) is 5.30. The van der Waals surface area contributed by atoms with Gasteiger partial charge in [0.15, 0.2) is 0 Å². The maximum absolute atomic E-state index is 11.7. The van der Waals surface area contributed by atoms with E-state index in [9.17, 15) is 4.79 Å². The first kappa shape index (κ1) is 13.6. The highest BCUT2D eigenvalue weighted by Gasteiger charge is 2.43. The molecular formula is C15H19NO3. The van der Waals surface area contributed by atoms with Crippen LogP contribution in [0.3, 0.4) is 0 Å². The third-order valence-corrected chi connectivity index (χ3v) is 3.44. The molecule has 102 valence electrons. The summed E-state index contributed by atoms with van der Waals surface area (Å²) in [6, 6.07) is 4.22. The summed E-state index contributed by atoms with van der Waals surface area (Å²) in [5.74, 6) is -0.395. The fraction of sp³-hybridized carbons (Fsp3) is 0.467. The van der Waals surface area contributed by atoms with E-state index in [1.807, 2.05) is 13.8 Å². The van der Waals surface area contributed by atoms with Crippen LogP contribution in [-0.2, 0) is 14.4 Å². The monoisotopic (exact) mass is 261 g/mol. The van der Waals surface area contributed by atoms with E-state index in [2.05, 4.69) is 24.2 Å². The Labute approximate surface area is 113 Å². The fourth-order valence-electron chi connectivity index (χ4n) is 2.63. The summed E-state index contributed by atoms with van der Waals surface area (Å²) >= 11 is 0. The molecule has 0 spiro atoms. The Hall–Kier alpha value is -1.84. The lowest BCUT2D eigenvalue weighted by Crippen LogP contribution is -2.36. The largest absolute Gasteiger partial charge is 0.466 e. The van der Waals surface area contributed by atoms with Gasteiger partial charge in [0.25, 0.3) is 0 Å². The van der Waals surface area contributed by atoms with Crippen molar-refractivity contribution in [2.45, 2.75) is 39.7 Å². The van der Waals surface area contributed by atoms with E-state index in [-0.39, 0.29) is 0 Å². The van der Waals surface area contributed by atoms with E-state index in [1.54, 1.807) is 6.92 Å². The van der Waals surface area contributed by atoms with Crippen molar-refractivity contribution in [3.63, 3.8) is 0 Å². The lowest BCUT2D eigenvalue weighted by atomic mass is 9.90. The Morgan fingerprint density at radius 2 is 1.89 bits per heavy atom. The Bertz CT molecular complexity index is 540. The maximum atomic E-state index is 11.7. The van der Waals surface area contributed by atoms with Gasteiger partial charge in [-0.2, -0.15) is 0 Å². The minimum Gasteiger partial charge on any atom is -0.466 e. The van der Waals surface area contributed by atoms with Gasteiger partial charge in [0, 0.05) is 12.0 Å². The van der Waals surface area contributed by atoms with Crippen molar-refractivity contribution in [2.24, 2.45) is 5.16 Å². The number of oxime groups is 1. The van der Waals surface area contributed by atoms with Crippen molar-refractivity contribution >= 4 is 11.7 Å². The molecule has 1 atom stereocenters. The molecule has 0 saturated heterocycles. The molecule has 0 N–H and O–H groups in total. The highest BCUT2D eigenvalue weighted by Crippen LogP contribution is 2.30. The van der Waals surface area contributed by atoms with Gasteiger partial charge in [0.05, 0.1) is 12.8 Å². The van der Waals surface area contributed by atoms with Crippen molar-refractivity contribution in [1.82, 2.24) is 0 Å². The first-order valence-corrected chi connectivity index (χ1v) is 6.29. The van der Waals surface area contributed by atoms with Crippen LogP contribution in [0.25, 0.3) is 0 Å². The topological polar surface area (TPSA) is 47.9 Å². The first-order valence-electron chi connectivity index (χ1n) is 6.29. The fourth-order valence-corrected chi connectivity index (χ4v) is 2.63. The molecule has 2 rings (SSSR count). The number of ether oxygens (including phenoxy) is 1. The highest BCUT2D eigenvalue weighted by molar-refractivity contribution is 6.06. The predicted molar refractivity (Wildman–Crippen MR) is 73.3 cm³/mol. The summed E-state index contributed by atoms with van der Waals surface area (Å²) in [6.45, 7) is 7.86. The van der Waals surface area contributed by atoms with Crippen molar-refractivity contribution in [2.75, 3.05) is 7.11 Å². The third-order valence-electron chi connectivity index (χ3n) is 3.44. The molecule has 4 heteroatoms. The molecule has 0 amide bonds. The number of benzene rings is 1. The number of carbonyl (C=O) groups is 1. The molecule has 0 aromatic heterocycles. The molecule has 1 heterocycles. The zero-order valence-electron chi connectivity index (χ0n) is 12.0. The molecule has 0 aliphatic carbocycles. The Morgan fingerprint density at radius 1 is 1.32 bits per heavy atom. The molecule has 0 bridgehead atoms. The molecular weight excluding hydrogens is 242 g/mol. The molecule has 19 heavy (non-hydrogen) atoms. The summed E-state index contributed by atoms with van der Waals surface area (Å²) in [5.41, 5.74) is 4.38. The standard InChI is InChI=1S/C15H19NO3/c1-9-6-10(2)13(11(3)7-9)12-8-15(4,19-16-12)14(17)18-5/h6-7H,8H2,1-5H3. The molecule has 1 aliphatic rings. The zero-order valence-corrected chi connectivity index (χ0v) is 12.0. The second kappa shape index (κ2) is 4.68. The van der Waals surface area contributed by atoms with Gasteiger partial charge in [-0.1, -0.05) is 22.9 Å². The summed E-state index contributed by atoms with van der Waals surface area (Å²) < 4.78 is 4.76. The Balaban J connectivity index is 2.34. The van der Waals surface area contributed by atoms with Crippen LogP contribution in [-0.4, -0.2) is 24.4 Å². The molecule has 0 radical (unpaired) electrons. The predicted octanol–water partition coefficient (Wildman–Crippen LogP) is 2.67. The van der Waals surface area contributed by atoms with Crippen LogP contribution in [0, 0.1) is 20.8 Å². The summed E-state index contributed by atoms with van der Waals surface area (Å²) in [4.78, 5) is 17.0. The van der Waals surface area contributed by atoms with Gasteiger partial charge in [-0.3, -0.25) is 0 Å². The summed E-state index contributed by atoms with van der Waals surface area (Å²) in [7, 11) is 1.36. The van der Waals surface area contributed by atoms with Gasteiger partial charge < -0.3 is 9.57 Å². The van der Waals surface area contributed by atoms with Crippen LogP contribution < -0.4 is 0 Å². The van der Waals surface area contributed by atoms with E-state index >= 15 is 0 Å². The summed E-state index contributed by atoms with van der Waals surface area (Å²) in [6.07, 6.45) is 0.435. The van der Waals surface area contributed by atoms with Crippen molar-refractivity contribution in [1.29, 1.82) is 0 Å².